The molecule has 0 N–H and O–H groups in total. The number of aromatic nitrogens is 3. The van der Waals surface area contributed by atoms with Crippen molar-refractivity contribution in [3.05, 3.63) is 77.6 Å². The molecule has 0 bridgehead atoms. The second kappa shape index (κ2) is 10.6. The van der Waals surface area contributed by atoms with E-state index < -0.39 is 0 Å². The van der Waals surface area contributed by atoms with E-state index in [1.807, 2.05) is 0 Å². The van der Waals surface area contributed by atoms with Crippen molar-refractivity contribution in [2.75, 3.05) is 0 Å². The van der Waals surface area contributed by atoms with Gasteiger partial charge in [-0.05, 0) is 72.6 Å². The molecule has 3 nitrogen and oxygen atoms in total. The summed E-state index contributed by atoms with van der Waals surface area (Å²) in [5, 5.41) is 0. The first-order chi connectivity index (χ1) is 15.7. The fourth-order valence-corrected chi connectivity index (χ4v) is 4.64. The van der Waals surface area contributed by atoms with Gasteiger partial charge < -0.3 is 24.0 Å². The van der Waals surface area contributed by atoms with Crippen molar-refractivity contribution < 1.29 is 28.5 Å². The fourth-order valence-electron chi connectivity index (χ4n) is 4.64. The Hall–Kier alpha value is -2.21. The standard InChI is InChI=1S/C30H38N3.HI/c1-19(2)23-16-25(20(3)4)29(26(17-23)21(5)6)27-14-15-28-30(31-27)33(18-32(28)22(7)8)24-12-10-9-11-13-24;/h9-22H,1-8H3;1H/q+1;/p-1. The smallest absolute Gasteiger partial charge is 0.307 e. The van der Waals surface area contributed by atoms with Crippen molar-refractivity contribution in [2.24, 2.45) is 0 Å². The summed E-state index contributed by atoms with van der Waals surface area (Å²) in [6.07, 6.45) is 2.19. The van der Waals surface area contributed by atoms with Gasteiger partial charge in [0.1, 0.15) is 11.4 Å². The lowest BCUT2D eigenvalue weighted by atomic mass is 9.83. The molecule has 2 aromatic carbocycles. The Kier molecular flexibility index (Phi) is 8.22. The van der Waals surface area contributed by atoms with Crippen molar-refractivity contribution in [1.29, 1.82) is 0 Å². The Labute approximate surface area is 222 Å². The quantitative estimate of drug-likeness (QED) is 0.239. The molecule has 0 aliphatic rings. The number of fused-ring (bicyclic) bond motifs is 1. The van der Waals surface area contributed by atoms with Crippen molar-refractivity contribution in [2.45, 2.75) is 79.2 Å². The predicted octanol–water partition coefficient (Wildman–Crippen LogP) is 4.94. The van der Waals surface area contributed by atoms with Gasteiger partial charge in [0.25, 0.3) is 0 Å². The zero-order chi connectivity index (χ0) is 23.9. The van der Waals surface area contributed by atoms with Gasteiger partial charge in [-0.1, -0.05) is 76.9 Å². The summed E-state index contributed by atoms with van der Waals surface area (Å²) in [6, 6.07) is 20.2. The summed E-state index contributed by atoms with van der Waals surface area (Å²) in [5.41, 5.74) is 9.88. The average molecular weight is 568 g/mol. The summed E-state index contributed by atoms with van der Waals surface area (Å²) in [7, 11) is 0. The van der Waals surface area contributed by atoms with Gasteiger partial charge in [-0.15, -0.1) is 0 Å². The highest BCUT2D eigenvalue weighted by molar-refractivity contribution is 5.77. The number of pyridine rings is 1. The first-order valence-electron chi connectivity index (χ1n) is 12.4. The van der Waals surface area contributed by atoms with Crippen LogP contribution in [0.25, 0.3) is 28.1 Å². The lowest BCUT2D eigenvalue weighted by Gasteiger charge is -2.21. The molecular weight excluding hydrogens is 529 g/mol. The molecule has 0 radical (unpaired) electrons. The van der Waals surface area contributed by atoms with Crippen LogP contribution in [0.3, 0.4) is 0 Å². The van der Waals surface area contributed by atoms with E-state index in [0.717, 1.165) is 22.5 Å². The van der Waals surface area contributed by atoms with Crippen LogP contribution in [-0.4, -0.2) is 9.55 Å². The number of nitrogens with zero attached hydrogens (tertiary/aromatic N) is 3. The Morgan fingerprint density at radius 2 is 1.32 bits per heavy atom. The number of rotatable bonds is 6. The molecule has 0 atom stereocenters. The molecule has 4 heteroatoms. The molecule has 4 rings (SSSR count). The molecule has 0 aliphatic carbocycles. The fraction of sp³-hybridized carbons (Fsp3) is 0.400. The number of para-hydroxylation sites is 1. The second-order valence-corrected chi connectivity index (χ2v) is 10.4. The Balaban J connectivity index is 0.00000324. The van der Waals surface area contributed by atoms with Gasteiger partial charge in [-0.25, -0.2) is 0 Å². The van der Waals surface area contributed by atoms with E-state index in [2.05, 4.69) is 125 Å². The lowest BCUT2D eigenvalue weighted by Crippen LogP contribution is -3.00. The minimum Gasteiger partial charge on any atom is -1.00 e. The molecule has 180 valence electrons. The van der Waals surface area contributed by atoms with Gasteiger partial charge in [0, 0.05) is 5.56 Å². The molecule has 0 amide bonds. The van der Waals surface area contributed by atoms with E-state index >= 15 is 0 Å². The van der Waals surface area contributed by atoms with Crippen LogP contribution >= 0.6 is 0 Å². The maximum Gasteiger partial charge on any atom is 0.307 e. The van der Waals surface area contributed by atoms with E-state index in [0.29, 0.717) is 23.8 Å². The molecule has 0 saturated heterocycles. The molecular formula is C30H38IN3. The van der Waals surface area contributed by atoms with Crippen molar-refractivity contribution >= 4 is 11.2 Å². The zero-order valence-corrected chi connectivity index (χ0v) is 24.0. The van der Waals surface area contributed by atoms with Gasteiger partial charge in [-0.2, -0.15) is 4.57 Å². The van der Waals surface area contributed by atoms with Gasteiger partial charge in [-0.3, -0.25) is 4.57 Å². The first kappa shape index (κ1) is 26.4. The van der Waals surface area contributed by atoms with Crippen LogP contribution in [-0.2, 0) is 0 Å². The van der Waals surface area contributed by atoms with Gasteiger partial charge in [0.15, 0.2) is 11.8 Å². The van der Waals surface area contributed by atoms with E-state index in [1.54, 1.807) is 0 Å². The maximum absolute atomic E-state index is 5.33. The van der Waals surface area contributed by atoms with Gasteiger partial charge in [0.05, 0.1) is 6.04 Å². The highest BCUT2D eigenvalue weighted by Crippen LogP contribution is 2.38. The molecule has 0 spiro atoms. The van der Waals surface area contributed by atoms with Crippen molar-refractivity contribution in [3.63, 3.8) is 0 Å². The van der Waals surface area contributed by atoms with Crippen molar-refractivity contribution in [3.8, 4) is 16.9 Å². The van der Waals surface area contributed by atoms with Crippen LogP contribution in [0, 0.1) is 0 Å². The zero-order valence-electron chi connectivity index (χ0n) is 21.8. The Bertz CT molecular complexity index is 1240. The Morgan fingerprint density at radius 3 is 1.82 bits per heavy atom. The van der Waals surface area contributed by atoms with E-state index in [1.165, 1.54) is 22.3 Å². The molecule has 0 unspecified atom stereocenters. The molecule has 0 fully saturated rings. The van der Waals surface area contributed by atoms with E-state index in [9.17, 15) is 0 Å². The van der Waals surface area contributed by atoms with Crippen molar-refractivity contribution in [1.82, 2.24) is 9.55 Å². The predicted molar refractivity (Wildman–Crippen MR) is 139 cm³/mol. The first-order valence-corrected chi connectivity index (χ1v) is 12.4. The van der Waals surface area contributed by atoms with Crippen LogP contribution in [0.1, 0.15) is 95.9 Å². The third kappa shape index (κ3) is 4.93. The number of hydrogen-bond acceptors (Lipinski definition) is 1. The van der Waals surface area contributed by atoms with E-state index in [4.69, 9.17) is 4.98 Å². The number of hydrogen-bond donors (Lipinski definition) is 0. The highest BCUT2D eigenvalue weighted by Gasteiger charge is 2.25. The highest BCUT2D eigenvalue weighted by atomic mass is 127. The summed E-state index contributed by atoms with van der Waals surface area (Å²) in [4.78, 5) is 5.33. The number of imidazole rings is 1. The Morgan fingerprint density at radius 1 is 0.735 bits per heavy atom. The largest absolute Gasteiger partial charge is 1.00 e. The molecule has 0 aliphatic heterocycles. The topological polar surface area (TPSA) is 21.7 Å². The second-order valence-electron chi connectivity index (χ2n) is 10.4. The van der Waals surface area contributed by atoms with E-state index in [-0.39, 0.29) is 24.0 Å². The number of halogens is 1. The van der Waals surface area contributed by atoms with Crippen LogP contribution in [0.5, 0.6) is 0 Å². The number of benzene rings is 2. The summed E-state index contributed by atoms with van der Waals surface area (Å²) < 4.78 is 4.54. The summed E-state index contributed by atoms with van der Waals surface area (Å²) in [5.74, 6) is 1.36. The SMILES string of the molecule is CC(C)c1cc(C(C)C)c(-c2ccc3c(n2)[n+](-c2ccccc2)cn3C(C)C)c(C(C)C)c1.[I-]. The molecule has 2 aromatic heterocycles. The normalized spacial score (nSPS) is 11.8. The van der Waals surface area contributed by atoms with Crippen LogP contribution in [0.4, 0.5) is 0 Å². The lowest BCUT2D eigenvalue weighted by molar-refractivity contribution is -0.570. The summed E-state index contributed by atoms with van der Waals surface area (Å²) in [6.45, 7) is 18.2. The minimum atomic E-state index is 0. The molecule has 2 heterocycles. The molecule has 0 saturated carbocycles. The van der Waals surface area contributed by atoms with Gasteiger partial charge in [0.2, 0.25) is 0 Å². The minimum absolute atomic E-state index is 0. The molecule has 34 heavy (non-hydrogen) atoms. The third-order valence-corrected chi connectivity index (χ3v) is 6.58. The monoisotopic (exact) mass is 567 g/mol. The molecule has 4 aromatic rings. The van der Waals surface area contributed by atoms with Crippen LogP contribution in [0.15, 0.2) is 60.9 Å². The third-order valence-electron chi connectivity index (χ3n) is 6.58. The maximum atomic E-state index is 5.33. The van der Waals surface area contributed by atoms with Crippen LogP contribution in [0.2, 0.25) is 0 Å². The average Bonchev–Trinajstić information content (AvgIpc) is 3.17. The summed E-state index contributed by atoms with van der Waals surface area (Å²) >= 11 is 0. The van der Waals surface area contributed by atoms with Gasteiger partial charge >= 0.3 is 5.65 Å². The van der Waals surface area contributed by atoms with Crippen LogP contribution < -0.4 is 28.5 Å².